The topological polar surface area (TPSA) is 91.0 Å². The van der Waals surface area contributed by atoms with E-state index < -0.39 is 39.8 Å². The van der Waals surface area contributed by atoms with Crippen LogP contribution in [-0.2, 0) is 20.9 Å². The van der Waals surface area contributed by atoms with E-state index in [1.807, 2.05) is 4.90 Å². The van der Waals surface area contributed by atoms with E-state index in [4.69, 9.17) is 4.74 Å². The number of piperazine rings is 1. The molecule has 2 heterocycles. The molecule has 184 valence electrons. The predicted molar refractivity (Wildman–Crippen MR) is 116 cm³/mol. The fraction of sp³-hybridized carbons (Fsp3) is 0.381. The van der Waals surface area contributed by atoms with Gasteiger partial charge >= 0.3 is 12.3 Å². The van der Waals surface area contributed by atoms with Crippen molar-refractivity contribution >= 4 is 27.5 Å². The highest BCUT2D eigenvalue weighted by atomic mass is 32.2. The molecule has 2 aromatic rings. The minimum Gasteiger partial charge on any atom is -0.443 e. The molecule has 1 amide bonds. The van der Waals surface area contributed by atoms with Crippen molar-refractivity contribution in [2.75, 3.05) is 49.1 Å². The monoisotopic (exact) mass is 502 g/mol. The lowest BCUT2D eigenvalue weighted by atomic mass is 10.2. The van der Waals surface area contributed by atoms with Crippen molar-refractivity contribution in [3.8, 4) is 0 Å². The summed E-state index contributed by atoms with van der Waals surface area (Å²) in [7, 11) is -4.13. The van der Waals surface area contributed by atoms with E-state index in [1.54, 1.807) is 12.1 Å². The number of cyclic esters (lactones) is 1. The van der Waals surface area contributed by atoms with E-state index in [0.717, 1.165) is 25.2 Å². The number of nitrogens with one attached hydrogen (secondary N) is 2. The van der Waals surface area contributed by atoms with Gasteiger partial charge in [0.05, 0.1) is 28.4 Å². The minimum absolute atomic E-state index is 0.0270. The second kappa shape index (κ2) is 9.39. The Bertz CT molecular complexity index is 1150. The van der Waals surface area contributed by atoms with E-state index in [9.17, 15) is 30.8 Å². The maximum absolute atomic E-state index is 14.7. The summed E-state index contributed by atoms with van der Waals surface area (Å²) < 4.78 is 85.0. The summed E-state index contributed by atoms with van der Waals surface area (Å²) in [4.78, 5) is 15.0. The van der Waals surface area contributed by atoms with Crippen LogP contribution in [0, 0.1) is 5.82 Å². The van der Waals surface area contributed by atoms with Gasteiger partial charge < -0.3 is 15.0 Å². The minimum atomic E-state index is -4.58. The smallest absolute Gasteiger partial charge is 0.416 e. The van der Waals surface area contributed by atoms with Crippen molar-refractivity contribution in [1.29, 1.82) is 0 Å². The fourth-order valence-electron chi connectivity index (χ4n) is 3.77. The van der Waals surface area contributed by atoms with Crippen molar-refractivity contribution in [2.24, 2.45) is 0 Å². The first-order valence-electron chi connectivity index (χ1n) is 10.4. The first-order valence-corrected chi connectivity index (χ1v) is 11.9. The molecule has 2 fully saturated rings. The fourth-order valence-corrected chi connectivity index (χ4v) is 4.84. The Balaban J connectivity index is 1.38. The molecule has 2 aliphatic heterocycles. The average molecular weight is 502 g/mol. The number of alkyl halides is 3. The van der Waals surface area contributed by atoms with Gasteiger partial charge in [0.25, 0.3) is 0 Å². The Hall–Kier alpha value is -2.90. The van der Waals surface area contributed by atoms with Gasteiger partial charge in [-0.2, -0.15) is 13.2 Å². The number of halogens is 4. The molecule has 0 aliphatic carbocycles. The first-order chi connectivity index (χ1) is 16.0. The lowest BCUT2D eigenvalue weighted by Crippen LogP contribution is -2.43. The van der Waals surface area contributed by atoms with Gasteiger partial charge in [-0.3, -0.25) is 4.90 Å². The molecule has 0 unspecified atom stereocenters. The molecule has 2 N–H and O–H groups in total. The molecule has 0 bridgehead atoms. The lowest BCUT2D eigenvalue weighted by Gasteiger charge is -2.30. The highest BCUT2D eigenvalue weighted by Gasteiger charge is 2.34. The lowest BCUT2D eigenvalue weighted by molar-refractivity contribution is -0.137. The number of rotatable bonds is 6. The Labute approximate surface area is 193 Å². The number of ether oxygens (including phenoxy) is 1. The number of anilines is 2. The number of benzene rings is 2. The van der Waals surface area contributed by atoms with Crippen LogP contribution in [0.15, 0.2) is 47.4 Å². The number of sulfonamides is 1. The van der Waals surface area contributed by atoms with Crippen LogP contribution >= 0.6 is 0 Å². The number of hydrogen-bond acceptors (Lipinski definition) is 6. The van der Waals surface area contributed by atoms with Gasteiger partial charge in [-0.15, -0.1) is 0 Å². The number of carbonyl (C=O) groups is 1. The van der Waals surface area contributed by atoms with Gasteiger partial charge in [0, 0.05) is 32.7 Å². The zero-order valence-corrected chi connectivity index (χ0v) is 18.6. The number of nitrogens with zero attached hydrogens (tertiary/aromatic N) is 2. The molecular weight excluding hydrogens is 480 g/mol. The SMILES string of the molecule is O=C1O[C@@H](CNS(=O)(=O)c2ccc(C(F)(F)F)cc2)CN1c1ccc(N2CCNCC2)c(F)c1. The maximum atomic E-state index is 14.7. The van der Waals surface area contributed by atoms with Gasteiger partial charge in [0.15, 0.2) is 0 Å². The third-order valence-corrected chi connectivity index (χ3v) is 7.01. The van der Waals surface area contributed by atoms with Gasteiger partial charge in [0.2, 0.25) is 10.0 Å². The van der Waals surface area contributed by atoms with Crippen molar-refractivity contribution in [3.05, 3.63) is 53.8 Å². The van der Waals surface area contributed by atoms with Crippen molar-refractivity contribution in [3.63, 3.8) is 0 Å². The molecule has 13 heteroatoms. The Morgan fingerprint density at radius 3 is 2.38 bits per heavy atom. The van der Waals surface area contributed by atoms with E-state index in [1.165, 1.54) is 11.0 Å². The predicted octanol–water partition coefficient (Wildman–Crippen LogP) is 2.56. The summed E-state index contributed by atoms with van der Waals surface area (Å²) in [5.74, 6) is -0.487. The molecule has 4 rings (SSSR count). The Kier molecular flexibility index (Phi) is 6.69. The normalized spacial score (nSPS) is 19.4. The molecule has 8 nitrogen and oxygen atoms in total. The molecular formula is C21H22F4N4O4S. The largest absolute Gasteiger partial charge is 0.443 e. The zero-order chi connectivity index (χ0) is 24.5. The van der Waals surface area contributed by atoms with E-state index in [-0.39, 0.29) is 23.7 Å². The van der Waals surface area contributed by atoms with Crippen LogP contribution in [0.3, 0.4) is 0 Å². The van der Waals surface area contributed by atoms with Crippen LogP contribution in [0.2, 0.25) is 0 Å². The summed E-state index contributed by atoms with van der Waals surface area (Å²) >= 11 is 0. The van der Waals surface area contributed by atoms with E-state index >= 15 is 0 Å². The van der Waals surface area contributed by atoms with Crippen molar-refractivity contribution < 1.29 is 35.5 Å². The van der Waals surface area contributed by atoms with Crippen LogP contribution in [0.5, 0.6) is 0 Å². The number of amides is 1. The van der Waals surface area contributed by atoms with Crippen LogP contribution in [-0.4, -0.2) is 59.9 Å². The standard InChI is InChI=1S/C21H22F4N4O4S/c22-18-11-15(3-6-19(18)28-9-7-26-8-10-28)29-13-16(33-20(29)30)12-27-34(31,32)17-4-1-14(2-5-17)21(23,24)25/h1-6,11,16,26-27H,7-10,12-13H2/t16-/m0/s1. The second-order valence-corrected chi connectivity index (χ2v) is 9.63. The van der Waals surface area contributed by atoms with Gasteiger partial charge in [-0.1, -0.05) is 0 Å². The number of hydrogen-bond donors (Lipinski definition) is 2. The number of carbonyl (C=O) groups excluding carboxylic acids is 1. The van der Waals surface area contributed by atoms with Gasteiger partial charge in [-0.25, -0.2) is 22.3 Å². The molecule has 1 atom stereocenters. The zero-order valence-electron chi connectivity index (χ0n) is 17.8. The third-order valence-electron chi connectivity index (χ3n) is 5.57. The van der Waals surface area contributed by atoms with Gasteiger partial charge in [-0.05, 0) is 42.5 Å². The molecule has 0 aromatic heterocycles. The van der Waals surface area contributed by atoms with Crippen LogP contribution in [0.1, 0.15) is 5.56 Å². The summed E-state index contributed by atoms with van der Waals surface area (Å²) in [6.07, 6.45) is -6.21. The highest BCUT2D eigenvalue weighted by molar-refractivity contribution is 7.89. The maximum Gasteiger partial charge on any atom is 0.416 e. The van der Waals surface area contributed by atoms with Gasteiger partial charge in [0.1, 0.15) is 11.9 Å². The van der Waals surface area contributed by atoms with Crippen LogP contribution in [0.4, 0.5) is 33.7 Å². The van der Waals surface area contributed by atoms with Crippen LogP contribution < -0.4 is 19.8 Å². The molecule has 0 radical (unpaired) electrons. The molecule has 34 heavy (non-hydrogen) atoms. The Morgan fingerprint density at radius 2 is 1.76 bits per heavy atom. The van der Waals surface area contributed by atoms with Crippen molar-refractivity contribution in [1.82, 2.24) is 10.0 Å². The Morgan fingerprint density at radius 1 is 1.09 bits per heavy atom. The molecule has 2 saturated heterocycles. The molecule has 0 spiro atoms. The van der Waals surface area contributed by atoms with E-state index in [0.29, 0.717) is 30.9 Å². The van der Waals surface area contributed by atoms with Crippen molar-refractivity contribution in [2.45, 2.75) is 17.2 Å². The third kappa shape index (κ3) is 5.26. The first kappa shape index (κ1) is 24.2. The summed E-state index contributed by atoms with van der Waals surface area (Å²) in [6.45, 7) is 2.47. The second-order valence-electron chi connectivity index (χ2n) is 7.86. The molecule has 0 saturated carbocycles. The summed E-state index contributed by atoms with van der Waals surface area (Å²) in [6, 6.07) is 7.45. The highest BCUT2D eigenvalue weighted by Crippen LogP contribution is 2.30. The van der Waals surface area contributed by atoms with Crippen LogP contribution in [0.25, 0.3) is 0 Å². The summed E-state index contributed by atoms with van der Waals surface area (Å²) in [5.41, 5.74) is -0.268. The molecule has 2 aromatic carbocycles. The summed E-state index contributed by atoms with van der Waals surface area (Å²) in [5, 5.41) is 3.18. The average Bonchev–Trinajstić information content (AvgIpc) is 3.18. The molecule has 2 aliphatic rings. The van der Waals surface area contributed by atoms with E-state index in [2.05, 4.69) is 10.0 Å². The quantitative estimate of drug-likeness (QED) is 0.591.